The fourth-order valence-electron chi connectivity index (χ4n) is 4.48. The van der Waals surface area contributed by atoms with Gasteiger partial charge in [0.2, 0.25) is 5.91 Å². The first-order valence-corrected chi connectivity index (χ1v) is 10.7. The molecule has 1 heterocycles. The predicted molar refractivity (Wildman–Crippen MR) is 122 cm³/mol. The number of ether oxygens (including phenoxy) is 2. The fraction of sp³-hybridized carbons (Fsp3) is 0.231. The van der Waals surface area contributed by atoms with Crippen LogP contribution in [0.2, 0.25) is 0 Å². The van der Waals surface area contributed by atoms with Gasteiger partial charge in [0.05, 0.1) is 32.2 Å². The van der Waals surface area contributed by atoms with Crippen LogP contribution in [0.3, 0.4) is 0 Å². The molecule has 1 aliphatic heterocycles. The molecule has 0 saturated carbocycles. The van der Waals surface area contributed by atoms with E-state index in [0.717, 1.165) is 12.1 Å². The minimum absolute atomic E-state index is 0.106. The second-order valence-corrected chi connectivity index (χ2v) is 8.06. The van der Waals surface area contributed by atoms with Gasteiger partial charge < -0.3 is 19.5 Å². The molecule has 2 unspecified atom stereocenters. The van der Waals surface area contributed by atoms with Crippen molar-refractivity contribution in [3.8, 4) is 11.5 Å². The van der Waals surface area contributed by atoms with E-state index in [1.165, 1.54) is 31.3 Å². The number of carbonyl (C=O) groups excluding carboxylic acids is 1. The summed E-state index contributed by atoms with van der Waals surface area (Å²) in [5.41, 5.74) is 0.721. The van der Waals surface area contributed by atoms with Gasteiger partial charge >= 0.3 is 12.1 Å². The number of carboxylic acids is 1. The molecule has 0 aromatic heterocycles. The quantitative estimate of drug-likeness (QED) is 0.536. The lowest BCUT2D eigenvalue weighted by atomic mass is 9.84. The number of rotatable bonds is 5. The molecule has 0 aliphatic carbocycles. The summed E-state index contributed by atoms with van der Waals surface area (Å²) in [7, 11) is 2.88. The number of hydrogen-bond donors (Lipinski definition) is 1. The highest BCUT2D eigenvalue weighted by molar-refractivity contribution is 5.98. The summed E-state index contributed by atoms with van der Waals surface area (Å²) < 4.78 is 50.2. The Kier molecular flexibility index (Phi) is 6.43. The normalized spacial score (nSPS) is 18.0. The predicted octanol–water partition coefficient (Wildman–Crippen LogP) is 5.22. The molecule has 3 aromatic rings. The van der Waals surface area contributed by atoms with Crippen LogP contribution >= 0.6 is 0 Å². The molecule has 6 nitrogen and oxygen atoms in total. The molecule has 0 fully saturated rings. The zero-order valence-electron chi connectivity index (χ0n) is 18.9. The first kappa shape index (κ1) is 24.1. The molecule has 1 N–H and O–H groups in total. The van der Waals surface area contributed by atoms with Gasteiger partial charge in [0.1, 0.15) is 5.92 Å². The number of carboxylic acid groups (broad SMARTS) is 1. The number of aliphatic carboxylic acids is 1. The molecule has 35 heavy (non-hydrogen) atoms. The number of nitrogens with zero attached hydrogens (tertiary/aromatic N) is 1. The molecule has 2 atom stereocenters. The maximum atomic E-state index is 13.5. The van der Waals surface area contributed by atoms with Gasteiger partial charge in [-0.3, -0.25) is 9.59 Å². The Labute approximate surface area is 199 Å². The van der Waals surface area contributed by atoms with Gasteiger partial charge in [-0.1, -0.05) is 30.3 Å². The van der Waals surface area contributed by atoms with Crippen LogP contribution in [-0.2, 0) is 22.2 Å². The Morgan fingerprint density at radius 3 is 2.23 bits per heavy atom. The molecule has 4 rings (SSSR count). The SMILES string of the molecule is COc1ccc(C2C(C(=O)O)c3ccccc3CC(=O)N2c2ccc(C(F)(F)F)cc2)cc1OC. The van der Waals surface area contributed by atoms with Gasteiger partial charge in [0.15, 0.2) is 11.5 Å². The maximum absolute atomic E-state index is 13.5. The van der Waals surface area contributed by atoms with E-state index in [4.69, 9.17) is 9.47 Å². The molecule has 0 saturated heterocycles. The van der Waals surface area contributed by atoms with E-state index in [1.54, 1.807) is 42.5 Å². The average Bonchev–Trinajstić information content (AvgIpc) is 2.96. The third kappa shape index (κ3) is 4.53. The van der Waals surface area contributed by atoms with Gasteiger partial charge in [-0.05, 0) is 53.1 Å². The summed E-state index contributed by atoms with van der Waals surface area (Å²) in [5.74, 6) is -2.08. The van der Waals surface area contributed by atoms with Crippen LogP contribution in [0.5, 0.6) is 11.5 Å². The number of carbonyl (C=O) groups is 2. The number of anilines is 1. The molecule has 0 radical (unpaired) electrons. The highest BCUT2D eigenvalue weighted by Crippen LogP contribution is 2.45. The standard InChI is InChI=1S/C26H22F3NO5/c1-34-20-12-7-16(13-21(20)35-2)24-23(25(32)33)19-6-4-3-5-15(19)14-22(31)30(24)18-10-8-17(9-11-18)26(27,28)29/h3-13,23-24H,14H2,1-2H3,(H,32,33). The molecule has 182 valence electrons. The summed E-state index contributed by atoms with van der Waals surface area (Å²) >= 11 is 0. The summed E-state index contributed by atoms with van der Waals surface area (Å²) in [6.45, 7) is 0. The van der Waals surface area contributed by atoms with Gasteiger partial charge in [0, 0.05) is 5.69 Å². The number of fused-ring (bicyclic) bond motifs is 1. The van der Waals surface area contributed by atoms with E-state index >= 15 is 0 Å². The Morgan fingerprint density at radius 2 is 1.63 bits per heavy atom. The zero-order chi connectivity index (χ0) is 25.3. The topological polar surface area (TPSA) is 76.1 Å². The van der Waals surface area contributed by atoms with Crippen molar-refractivity contribution in [1.82, 2.24) is 0 Å². The van der Waals surface area contributed by atoms with Crippen molar-refractivity contribution < 1.29 is 37.3 Å². The summed E-state index contributed by atoms with van der Waals surface area (Å²) in [6, 6.07) is 14.6. The lowest BCUT2D eigenvalue weighted by molar-refractivity contribution is -0.139. The number of hydrogen-bond acceptors (Lipinski definition) is 4. The van der Waals surface area contributed by atoms with Crippen LogP contribution < -0.4 is 14.4 Å². The van der Waals surface area contributed by atoms with Crippen molar-refractivity contribution in [1.29, 1.82) is 0 Å². The van der Waals surface area contributed by atoms with Crippen molar-refractivity contribution in [3.05, 3.63) is 89.0 Å². The molecule has 0 bridgehead atoms. The number of amides is 1. The van der Waals surface area contributed by atoms with Crippen molar-refractivity contribution in [2.24, 2.45) is 0 Å². The molecule has 1 aliphatic rings. The van der Waals surface area contributed by atoms with Crippen LogP contribution in [0, 0.1) is 0 Å². The van der Waals surface area contributed by atoms with E-state index in [9.17, 15) is 27.9 Å². The zero-order valence-corrected chi connectivity index (χ0v) is 18.9. The molecule has 3 aromatic carbocycles. The van der Waals surface area contributed by atoms with Gasteiger partial charge in [-0.2, -0.15) is 13.2 Å². The highest BCUT2D eigenvalue weighted by atomic mass is 19.4. The van der Waals surface area contributed by atoms with E-state index in [0.29, 0.717) is 28.2 Å². The average molecular weight is 485 g/mol. The molecular weight excluding hydrogens is 463 g/mol. The van der Waals surface area contributed by atoms with Crippen molar-refractivity contribution >= 4 is 17.6 Å². The minimum atomic E-state index is -4.55. The molecular formula is C26H22F3NO5. The second-order valence-electron chi connectivity index (χ2n) is 8.06. The summed E-state index contributed by atoms with van der Waals surface area (Å²) in [6.07, 6.45) is -4.66. The maximum Gasteiger partial charge on any atom is 0.416 e. The van der Waals surface area contributed by atoms with Crippen molar-refractivity contribution in [3.63, 3.8) is 0 Å². The molecule has 9 heteroatoms. The first-order valence-electron chi connectivity index (χ1n) is 10.7. The number of benzene rings is 3. The van der Waals surface area contributed by atoms with E-state index in [1.807, 2.05) is 0 Å². The highest BCUT2D eigenvalue weighted by Gasteiger charge is 2.43. The van der Waals surface area contributed by atoms with Crippen molar-refractivity contribution in [2.75, 3.05) is 19.1 Å². The minimum Gasteiger partial charge on any atom is -0.493 e. The Balaban J connectivity index is 1.96. The largest absolute Gasteiger partial charge is 0.493 e. The van der Waals surface area contributed by atoms with Gasteiger partial charge in [-0.15, -0.1) is 0 Å². The number of alkyl halides is 3. The Morgan fingerprint density at radius 1 is 0.971 bits per heavy atom. The summed E-state index contributed by atoms with van der Waals surface area (Å²) in [5, 5.41) is 10.3. The van der Waals surface area contributed by atoms with Gasteiger partial charge in [0.25, 0.3) is 0 Å². The van der Waals surface area contributed by atoms with Crippen LogP contribution in [0.1, 0.15) is 34.2 Å². The smallest absolute Gasteiger partial charge is 0.416 e. The molecule has 1 amide bonds. The monoisotopic (exact) mass is 485 g/mol. The molecule has 0 spiro atoms. The van der Waals surface area contributed by atoms with E-state index < -0.39 is 35.6 Å². The van der Waals surface area contributed by atoms with E-state index in [2.05, 4.69) is 0 Å². The van der Waals surface area contributed by atoms with Crippen LogP contribution in [0.4, 0.5) is 18.9 Å². The van der Waals surface area contributed by atoms with E-state index in [-0.39, 0.29) is 12.1 Å². The third-order valence-corrected chi connectivity index (χ3v) is 6.08. The number of methoxy groups -OCH3 is 2. The second kappa shape index (κ2) is 9.32. The van der Waals surface area contributed by atoms with Crippen molar-refractivity contribution in [2.45, 2.75) is 24.6 Å². The fourth-order valence-corrected chi connectivity index (χ4v) is 4.48. The summed E-state index contributed by atoms with van der Waals surface area (Å²) in [4.78, 5) is 27.5. The Hall–Kier alpha value is -4.01. The van der Waals surface area contributed by atoms with Gasteiger partial charge in [-0.25, -0.2) is 0 Å². The number of halogens is 3. The van der Waals surface area contributed by atoms with Crippen LogP contribution in [0.25, 0.3) is 0 Å². The lowest BCUT2D eigenvalue weighted by Crippen LogP contribution is -2.39. The van der Waals surface area contributed by atoms with Crippen LogP contribution in [0.15, 0.2) is 66.7 Å². The van der Waals surface area contributed by atoms with Crippen LogP contribution in [-0.4, -0.2) is 31.2 Å². The Bertz CT molecular complexity index is 1260. The third-order valence-electron chi connectivity index (χ3n) is 6.08. The first-order chi connectivity index (χ1) is 16.7. The lowest BCUT2D eigenvalue weighted by Gasteiger charge is -2.34.